The molecule has 0 aromatic rings. The number of ketones is 1. The van der Waals surface area contributed by atoms with Crippen molar-refractivity contribution < 1.29 is 33.4 Å². The number of allylic oxidation sites excluding steroid dienone is 2. The van der Waals surface area contributed by atoms with Crippen LogP contribution in [0.1, 0.15) is 168 Å². The number of unbranched alkanes of at least 4 members (excludes halogenated alkanes) is 9. The van der Waals surface area contributed by atoms with E-state index in [2.05, 4.69) is 32.9 Å². The summed E-state index contributed by atoms with van der Waals surface area (Å²) >= 11 is 6.60. The second-order valence-electron chi connectivity index (χ2n) is 18.4. The van der Waals surface area contributed by atoms with E-state index in [1.165, 1.54) is 44.1 Å². The molecule has 324 valence electrons. The Kier molecular flexibility index (Phi) is 19.9. The van der Waals surface area contributed by atoms with Crippen molar-refractivity contribution in [2.75, 3.05) is 46.9 Å². The fourth-order valence-corrected chi connectivity index (χ4v) is 11.0. The van der Waals surface area contributed by atoms with Crippen molar-refractivity contribution in [1.82, 2.24) is 9.80 Å². The zero-order valence-electron chi connectivity index (χ0n) is 36.4. The van der Waals surface area contributed by atoms with Gasteiger partial charge in [0.05, 0.1) is 11.6 Å². The highest BCUT2D eigenvalue weighted by molar-refractivity contribution is 6.43. The Bertz CT molecular complexity index is 1360. The molecule has 10 heteroatoms. The van der Waals surface area contributed by atoms with Crippen LogP contribution in [-0.4, -0.2) is 86.7 Å². The number of fused-ring (bicyclic) bond motifs is 5. The predicted molar refractivity (Wildman–Crippen MR) is 228 cm³/mol. The lowest BCUT2D eigenvalue weighted by atomic mass is 9.47. The Morgan fingerprint density at radius 3 is 2.19 bits per heavy atom. The molecule has 6 atom stereocenters. The predicted octanol–water partition coefficient (Wildman–Crippen LogP) is 11.0. The van der Waals surface area contributed by atoms with Gasteiger partial charge in [-0.2, -0.15) is 0 Å². The highest BCUT2D eigenvalue weighted by Gasteiger charge is 2.60. The third kappa shape index (κ3) is 13.8. The van der Waals surface area contributed by atoms with E-state index in [0.29, 0.717) is 94.2 Å². The zero-order valence-corrected chi connectivity index (χ0v) is 37.1. The number of carbonyl (C=O) groups excluding carboxylic acids is 4. The Labute approximate surface area is 350 Å². The normalized spacial score (nSPS) is 27.0. The lowest BCUT2D eigenvalue weighted by Crippen LogP contribution is -2.52. The van der Waals surface area contributed by atoms with Crippen LogP contribution in [0.15, 0.2) is 22.8 Å². The molecule has 0 spiro atoms. The number of amides is 1. The smallest absolute Gasteiger partial charge is 0.409 e. The summed E-state index contributed by atoms with van der Waals surface area (Å²) in [6.07, 6.45) is 25.5. The lowest BCUT2D eigenvalue weighted by Gasteiger charge is -2.58. The van der Waals surface area contributed by atoms with Crippen LogP contribution in [-0.2, 0) is 28.6 Å². The van der Waals surface area contributed by atoms with E-state index in [1.54, 1.807) is 4.90 Å². The molecule has 4 aliphatic carbocycles. The fourth-order valence-electron chi connectivity index (χ4n) is 10.6. The average molecular weight is 818 g/mol. The highest BCUT2D eigenvalue weighted by Crippen LogP contribution is 2.66. The molecule has 0 aliphatic heterocycles. The van der Waals surface area contributed by atoms with Crippen molar-refractivity contribution >= 4 is 35.4 Å². The zero-order chi connectivity index (χ0) is 41.3. The van der Waals surface area contributed by atoms with Crippen LogP contribution < -0.4 is 0 Å². The van der Waals surface area contributed by atoms with Crippen molar-refractivity contribution in [1.29, 1.82) is 0 Å². The summed E-state index contributed by atoms with van der Waals surface area (Å²) in [5, 5.41) is 0.517. The van der Waals surface area contributed by atoms with Gasteiger partial charge in [-0.25, -0.2) is 4.79 Å². The van der Waals surface area contributed by atoms with Crippen LogP contribution in [0.4, 0.5) is 4.79 Å². The molecule has 0 aromatic carbocycles. The van der Waals surface area contributed by atoms with Gasteiger partial charge >= 0.3 is 18.0 Å². The first-order valence-corrected chi connectivity index (χ1v) is 23.3. The van der Waals surface area contributed by atoms with Crippen LogP contribution in [0.25, 0.3) is 0 Å². The number of halogens is 1. The number of Topliss-reactive ketones (excluding diaryl/α,β-unsaturated/α-hetero) is 1. The van der Waals surface area contributed by atoms with Crippen molar-refractivity contribution in [3.8, 4) is 0 Å². The summed E-state index contributed by atoms with van der Waals surface area (Å²) < 4.78 is 17.2. The minimum Gasteiger partial charge on any atom is -0.465 e. The van der Waals surface area contributed by atoms with Gasteiger partial charge in [0.15, 0.2) is 5.78 Å². The van der Waals surface area contributed by atoms with Crippen molar-refractivity contribution in [2.24, 2.45) is 28.6 Å². The van der Waals surface area contributed by atoms with Crippen LogP contribution in [0.3, 0.4) is 0 Å². The number of carbonyl (C=O) groups is 4. The number of nitrogens with zero attached hydrogens (tertiary/aromatic N) is 2. The number of esters is 2. The number of hydrogen-bond acceptors (Lipinski definition) is 8. The molecular weight excluding hydrogens is 740 g/mol. The third-order valence-electron chi connectivity index (χ3n) is 14.1. The van der Waals surface area contributed by atoms with E-state index in [0.717, 1.165) is 70.6 Å². The Morgan fingerprint density at radius 2 is 1.42 bits per heavy atom. The molecule has 4 rings (SSSR count). The molecule has 0 saturated heterocycles. The maximum absolute atomic E-state index is 13.2. The molecule has 0 radical (unpaired) electrons. The van der Waals surface area contributed by atoms with Gasteiger partial charge in [-0.05, 0) is 133 Å². The van der Waals surface area contributed by atoms with Crippen LogP contribution in [0.2, 0.25) is 0 Å². The van der Waals surface area contributed by atoms with Crippen LogP contribution in [0.5, 0.6) is 0 Å². The third-order valence-corrected chi connectivity index (χ3v) is 14.5. The van der Waals surface area contributed by atoms with E-state index in [9.17, 15) is 19.2 Å². The average Bonchev–Trinajstić information content (AvgIpc) is 3.51. The lowest BCUT2D eigenvalue weighted by molar-refractivity contribution is -0.160. The molecule has 0 aromatic heterocycles. The molecule has 0 N–H and O–H groups in total. The summed E-state index contributed by atoms with van der Waals surface area (Å²) in [5.41, 5.74) is 1.22. The number of hydrogen-bond donors (Lipinski definition) is 0. The molecule has 3 fully saturated rings. The molecule has 0 bridgehead atoms. The van der Waals surface area contributed by atoms with Gasteiger partial charge in [0.2, 0.25) is 0 Å². The molecule has 57 heavy (non-hydrogen) atoms. The quantitative estimate of drug-likeness (QED) is 0.0388. The fraction of sp³-hybridized carbons (Fsp3) is 0.830. The maximum atomic E-state index is 13.2. The minimum atomic E-state index is -0.329. The van der Waals surface area contributed by atoms with Crippen LogP contribution >= 0.6 is 11.6 Å². The molecule has 9 nitrogen and oxygen atoms in total. The van der Waals surface area contributed by atoms with E-state index >= 15 is 0 Å². The summed E-state index contributed by atoms with van der Waals surface area (Å²) in [6.45, 7) is 9.39. The molecule has 4 aliphatic rings. The number of ether oxygens (including phenoxy) is 3. The first-order chi connectivity index (χ1) is 27.4. The standard InChI is InChI=1S/C47H77ClN2O7/c1-6-7-8-9-10-11-12-13-14-20-34-55-42(52)21-17-19-32-50(45(54)56-35-33-49(4)5)31-18-15-16-22-43(53)57-41-26-25-37-36-23-24-39-44(48)40(51)28-30-46(39,2)38(36)27-29-47(37,41)3/h13-14,36-38,41H,6-12,15-35H2,1-5H3/b14-13+. The summed E-state index contributed by atoms with van der Waals surface area (Å²) in [6, 6.07) is 0. The maximum Gasteiger partial charge on any atom is 0.409 e. The molecule has 3 saturated carbocycles. The number of likely N-dealkylation sites (N-methyl/N-ethyl adjacent to an activating group) is 1. The van der Waals surface area contributed by atoms with Gasteiger partial charge in [-0.1, -0.05) is 83.0 Å². The molecular formula is C47H77ClN2O7. The largest absolute Gasteiger partial charge is 0.465 e. The first kappa shape index (κ1) is 47.3. The van der Waals surface area contributed by atoms with E-state index in [-0.39, 0.29) is 40.7 Å². The van der Waals surface area contributed by atoms with Gasteiger partial charge in [0.1, 0.15) is 12.7 Å². The van der Waals surface area contributed by atoms with Gasteiger partial charge in [-0.3, -0.25) is 14.4 Å². The summed E-state index contributed by atoms with van der Waals surface area (Å²) in [4.78, 5) is 54.6. The summed E-state index contributed by atoms with van der Waals surface area (Å²) in [7, 11) is 3.89. The van der Waals surface area contributed by atoms with Gasteiger partial charge in [-0.15, -0.1) is 0 Å². The topological polar surface area (TPSA) is 102 Å². The molecule has 1 amide bonds. The Morgan fingerprint density at radius 1 is 0.737 bits per heavy atom. The van der Waals surface area contributed by atoms with Crippen molar-refractivity contribution in [3.05, 3.63) is 22.8 Å². The van der Waals surface area contributed by atoms with Crippen molar-refractivity contribution in [2.45, 2.75) is 175 Å². The summed E-state index contributed by atoms with van der Waals surface area (Å²) in [5.74, 6) is 1.47. The first-order valence-electron chi connectivity index (χ1n) is 22.9. The SMILES string of the molecule is CCCCCCCC/C=C/CCOC(=O)CCCCN(CCCCCC(=O)OC1CCC2C3CCC4=C(Cl)C(=O)CCC4(C)C3CCC12C)C(=O)OCCN(C)C. The van der Waals surface area contributed by atoms with Gasteiger partial charge < -0.3 is 24.0 Å². The van der Waals surface area contributed by atoms with E-state index in [1.807, 2.05) is 19.0 Å². The molecule has 6 unspecified atom stereocenters. The Hall–Kier alpha value is -2.39. The Balaban J connectivity index is 1.12. The minimum absolute atomic E-state index is 0.00309. The van der Waals surface area contributed by atoms with Crippen molar-refractivity contribution in [3.63, 3.8) is 0 Å². The van der Waals surface area contributed by atoms with Gasteiger partial charge in [0.25, 0.3) is 0 Å². The van der Waals surface area contributed by atoms with Gasteiger partial charge in [0, 0.05) is 44.3 Å². The second-order valence-corrected chi connectivity index (χ2v) is 18.7. The number of rotatable bonds is 25. The van der Waals surface area contributed by atoms with Crippen LogP contribution in [0, 0.1) is 28.6 Å². The monoisotopic (exact) mass is 817 g/mol. The molecule has 0 heterocycles. The van der Waals surface area contributed by atoms with E-state index < -0.39 is 0 Å². The second kappa shape index (κ2) is 24.0. The highest BCUT2D eigenvalue weighted by atomic mass is 35.5. The van der Waals surface area contributed by atoms with E-state index in [4.69, 9.17) is 25.8 Å².